The number of carbonyl (C=O) groups excluding carboxylic acids is 6. The lowest BCUT2D eigenvalue weighted by molar-refractivity contribution is 0.0993. The van der Waals surface area contributed by atoms with Gasteiger partial charge in [-0.25, -0.2) is 13.2 Å². The number of nitrogens with one attached hydrogen (secondary N) is 7. The normalized spacial score (nSPS) is 11.1. The van der Waals surface area contributed by atoms with Crippen LogP contribution in [0.3, 0.4) is 0 Å². The summed E-state index contributed by atoms with van der Waals surface area (Å²) in [7, 11) is 0. The van der Waals surface area contributed by atoms with Crippen LogP contribution in [0.25, 0.3) is 98.8 Å². The first-order chi connectivity index (χ1) is 59.6. The van der Waals surface area contributed by atoms with E-state index in [2.05, 4.69) is 120 Å². The van der Waals surface area contributed by atoms with E-state index in [0.717, 1.165) is 123 Å². The Bertz CT molecular complexity index is 7120. The number of amides is 6. The van der Waals surface area contributed by atoms with Gasteiger partial charge in [0.05, 0.1) is 33.2 Å². The van der Waals surface area contributed by atoms with Gasteiger partial charge in [-0.05, 0) is 233 Å². The molecule has 6 amide bonds. The molecule has 0 aliphatic carbocycles. The van der Waals surface area contributed by atoms with Gasteiger partial charge in [-0.2, -0.15) is 0 Å². The number of fused-ring (bicyclic) bond motifs is 9. The third-order valence-corrected chi connectivity index (χ3v) is 22.1. The molecule has 18 rings (SSSR count). The first kappa shape index (κ1) is 80.5. The second-order valence-corrected chi connectivity index (χ2v) is 30.0. The lowest BCUT2D eigenvalue weighted by Gasteiger charge is -2.25. The molecule has 15 N–H and O–H groups in total. The number of primary amides is 3. The smallest absolute Gasteiger partial charge is 0.255 e. The van der Waals surface area contributed by atoms with Crippen molar-refractivity contribution < 1.29 is 41.9 Å². The van der Waals surface area contributed by atoms with Gasteiger partial charge in [-0.3, -0.25) is 28.8 Å². The quantitative estimate of drug-likeness (QED) is 0.0323. The summed E-state index contributed by atoms with van der Waals surface area (Å²) in [5, 5.41) is 17.7. The largest absolute Gasteiger partial charge is 0.399 e. The number of carbonyl (C=O) groups is 6. The molecule has 0 saturated carbocycles. The maximum atomic E-state index is 13.4. The maximum Gasteiger partial charge on any atom is 0.255 e. The molecule has 0 bridgehead atoms. The summed E-state index contributed by atoms with van der Waals surface area (Å²) in [5.74, 6) is -3.79. The highest BCUT2D eigenvalue weighted by atomic mass is 19.1. The Kier molecular flexibility index (Phi) is 22.7. The van der Waals surface area contributed by atoms with Crippen LogP contribution in [0.2, 0.25) is 0 Å². The summed E-state index contributed by atoms with van der Waals surface area (Å²) in [4.78, 5) is 88.3. The number of hydrogen-bond acceptors (Lipinski definition) is 9. The van der Waals surface area contributed by atoms with E-state index >= 15 is 0 Å². The highest BCUT2D eigenvalue weighted by Crippen LogP contribution is 2.44. The van der Waals surface area contributed by atoms with Gasteiger partial charge in [0.1, 0.15) is 17.5 Å². The van der Waals surface area contributed by atoms with Crippen LogP contribution >= 0.6 is 0 Å². The van der Waals surface area contributed by atoms with E-state index in [1.807, 2.05) is 160 Å². The van der Waals surface area contributed by atoms with Crippen molar-refractivity contribution in [2.75, 3.05) is 31.9 Å². The van der Waals surface area contributed by atoms with Crippen LogP contribution in [0.1, 0.15) is 95.5 Å². The van der Waals surface area contributed by atoms with E-state index in [9.17, 15) is 41.9 Å². The van der Waals surface area contributed by atoms with E-state index in [4.69, 9.17) is 22.9 Å². The molecule has 0 aliphatic heterocycles. The van der Waals surface area contributed by atoms with E-state index < -0.39 is 35.2 Å². The Hall–Kier alpha value is -16.3. The number of anilines is 6. The summed E-state index contributed by atoms with van der Waals surface area (Å²) in [5.41, 5.74) is 45.9. The fourth-order valence-electron chi connectivity index (χ4n) is 15.9. The van der Waals surface area contributed by atoms with Crippen LogP contribution in [0.4, 0.5) is 47.3 Å². The number of benzene rings is 15. The molecule has 15 aromatic carbocycles. The second-order valence-electron chi connectivity index (χ2n) is 30.0. The average Bonchev–Trinajstić information content (AvgIpc) is 1.60. The Morgan fingerprint density at radius 2 is 0.667 bits per heavy atom. The molecule has 0 fully saturated rings. The van der Waals surface area contributed by atoms with Crippen molar-refractivity contribution in [1.82, 2.24) is 15.0 Å². The molecule has 21 heteroatoms. The number of nitrogens with zero attached hydrogens (tertiary/aromatic N) is 1. The number of aromatic nitrogens is 3. The predicted octanol–water partition coefficient (Wildman–Crippen LogP) is 21.8. The predicted molar refractivity (Wildman–Crippen MR) is 487 cm³/mol. The zero-order valence-electron chi connectivity index (χ0n) is 66.9. The Balaban J connectivity index is 0.000000139. The van der Waals surface area contributed by atoms with Crippen LogP contribution in [0.5, 0.6) is 0 Å². The standard InChI is InChI=1S/C41H33FN4O2.C34H27FN4O2.C27H21FN4O2/c1-26-32(13-8-14-36(26)45-41(48)29-15-17-30(42)18-16-29)33-21-22-35(40(43)47)39-38(33)34-20-19-31(23-37(34)44-39)46(24-27-9-4-2-5-10-27)25-28-11-6-3-7-12-28;1-20-25(8-5-9-29(20)39-34(41)22-10-12-23(35)13-11-22)26-16-17-28(33(36)40)32-31(26)27-15-14-24(18-30(27)38-32)37-19-21-6-3-2-4-7-21;1-14-18(3-2-4-22(14)32-27(34)15-5-7-16(28)8-6-15)19-11-12-21(26(30)33)25-24(19)20-10-9-17(29)13-23(20)31-25/h2-23,44H,24-25H2,1H3,(H2,43,47)(H,45,48);2-18,37-38H,19H2,1H3,(H2,36,40)(H,39,41);2-13,31H,29H2,1H3,(H2,30,33)(H,32,34). The minimum atomic E-state index is -0.534. The molecule has 0 unspecified atom stereocenters. The number of halogens is 3. The third-order valence-electron chi connectivity index (χ3n) is 22.1. The molecule has 0 aliphatic rings. The number of nitrogen functional groups attached to an aromatic ring is 1. The number of rotatable bonds is 20. The van der Waals surface area contributed by atoms with Crippen LogP contribution in [-0.2, 0) is 19.6 Å². The Labute approximate surface area is 704 Å². The summed E-state index contributed by atoms with van der Waals surface area (Å²) in [6.07, 6.45) is 0. The van der Waals surface area contributed by atoms with Gasteiger partial charge in [0.2, 0.25) is 0 Å². The van der Waals surface area contributed by atoms with Gasteiger partial charge >= 0.3 is 0 Å². The molecule has 0 saturated heterocycles. The van der Waals surface area contributed by atoms with Crippen molar-refractivity contribution >= 4 is 135 Å². The van der Waals surface area contributed by atoms with Gasteiger partial charge in [-0.15, -0.1) is 0 Å². The Morgan fingerprint density at radius 3 is 1.03 bits per heavy atom. The van der Waals surface area contributed by atoms with Crippen molar-refractivity contribution in [3.8, 4) is 33.4 Å². The molecule has 3 heterocycles. The molecular weight excluding hydrogens is 1550 g/mol. The molecule has 123 heavy (non-hydrogen) atoms. The SMILES string of the molecule is Cc1c(NC(=O)c2ccc(F)cc2)cccc1-c1ccc(C(N)=O)c2[nH]c3cc(N(Cc4ccccc4)Cc4ccccc4)ccc3c12.Cc1c(NC(=O)c2ccc(F)cc2)cccc1-c1ccc(C(N)=O)c2[nH]c3cc(N)ccc3c12.Cc1c(NC(=O)c2ccc(F)cc2)cccc1-c1ccc(C(N)=O)c2[nH]c3cc(NCc4ccccc4)ccc3c12. The average molecular weight is 1630 g/mol. The number of H-pyrrole nitrogens is 3. The number of nitrogens with two attached hydrogens (primary N) is 4. The zero-order valence-corrected chi connectivity index (χ0v) is 66.9. The lowest BCUT2D eigenvalue weighted by Crippen LogP contribution is -2.22. The van der Waals surface area contributed by atoms with Crippen LogP contribution in [0, 0.1) is 38.2 Å². The van der Waals surface area contributed by atoms with Crippen LogP contribution in [0.15, 0.2) is 309 Å². The number of aromatic amines is 3. The van der Waals surface area contributed by atoms with Crippen molar-refractivity contribution in [3.05, 3.63) is 394 Å². The van der Waals surface area contributed by atoms with Gasteiger partial charge in [0.15, 0.2) is 0 Å². The van der Waals surface area contributed by atoms with Gasteiger partial charge < -0.3 is 64.1 Å². The fraction of sp³-hybridized carbons (Fsp3) is 0.0588. The maximum absolute atomic E-state index is 13.4. The zero-order chi connectivity index (χ0) is 85.7. The van der Waals surface area contributed by atoms with Crippen molar-refractivity contribution in [3.63, 3.8) is 0 Å². The topological polar surface area (TPSA) is 305 Å². The first-order valence-electron chi connectivity index (χ1n) is 39.6. The van der Waals surface area contributed by atoms with E-state index in [1.165, 1.54) is 89.5 Å². The summed E-state index contributed by atoms with van der Waals surface area (Å²) < 4.78 is 40.0. The van der Waals surface area contributed by atoms with E-state index in [-0.39, 0.29) is 17.7 Å². The van der Waals surface area contributed by atoms with Crippen molar-refractivity contribution in [1.29, 1.82) is 0 Å². The highest BCUT2D eigenvalue weighted by molar-refractivity contribution is 6.24. The molecule has 0 atom stereocenters. The minimum Gasteiger partial charge on any atom is -0.399 e. The monoisotopic (exact) mass is 1630 g/mol. The van der Waals surface area contributed by atoms with Gasteiger partial charge in [-0.1, -0.05) is 164 Å². The molecule has 606 valence electrons. The highest BCUT2D eigenvalue weighted by Gasteiger charge is 2.25. The molecule has 18 aromatic rings. The molecule has 0 radical (unpaired) electrons. The molecular formula is C102H81F3N12O6. The molecule has 0 spiro atoms. The minimum absolute atomic E-state index is 0.331. The van der Waals surface area contributed by atoms with Crippen molar-refractivity contribution in [2.24, 2.45) is 17.2 Å². The summed E-state index contributed by atoms with van der Waals surface area (Å²) in [6, 6.07) is 92.9. The fourth-order valence-corrected chi connectivity index (χ4v) is 15.9. The first-order valence-corrected chi connectivity index (χ1v) is 39.6. The molecule has 3 aromatic heterocycles. The van der Waals surface area contributed by atoms with Crippen molar-refractivity contribution in [2.45, 2.75) is 40.4 Å². The van der Waals surface area contributed by atoms with Crippen LogP contribution in [-0.4, -0.2) is 50.4 Å². The second kappa shape index (κ2) is 34.7. The van der Waals surface area contributed by atoms with Gasteiger partial charge in [0, 0.05) is 119 Å². The lowest BCUT2D eigenvalue weighted by atomic mass is 9.93. The summed E-state index contributed by atoms with van der Waals surface area (Å²) >= 11 is 0. The number of hydrogen-bond donors (Lipinski definition) is 11. The molecule has 18 nitrogen and oxygen atoms in total. The summed E-state index contributed by atoms with van der Waals surface area (Å²) in [6.45, 7) is 7.91. The van der Waals surface area contributed by atoms with Crippen LogP contribution < -0.4 is 49.1 Å². The van der Waals surface area contributed by atoms with E-state index in [0.29, 0.717) is 79.2 Å². The Morgan fingerprint density at radius 1 is 0.333 bits per heavy atom. The van der Waals surface area contributed by atoms with Gasteiger partial charge in [0.25, 0.3) is 35.4 Å². The third kappa shape index (κ3) is 17.0. The van der Waals surface area contributed by atoms with E-state index in [1.54, 1.807) is 18.2 Å².